The lowest BCUT2D eigenvalue weighted by Gasteiger charge is -2.20. The molecular formula is C18H27NO3. The molecule has 0 spiro atoms. The molecule has 1 heterocycles. The van der Waals surface area contributed by atoms with Gasteiger partial charge in [0, 0.05) is 13.2 Å². The molecule has 1 fully saturated rings. The molecule has 1 N–H and O–H groups in total. The van der Waals surface area contributed by atoms with Gasteiger partial charge in [-0.15, -0.1) is 0 Å². The van der Waals surface area contributed by atoms with Crippen LogP contribution in [0.1, 0.15) is 50.7 Å². The molecular weight excluding hydrogens is 278 g/mol. The van der Waals surface area contributed by atoms with Gasteiger partial charge < -0.3 is 14.8 Å². The van der Waals surface area contributed by atoms with Crippen LogP contribution in [0, 0.1) is 6.92 Å². The Hall–Kier alpha value is -1.55. The van der Waals surface area contributed by atoms with Crippen molar-refractivity contribution < 1.29 is 14.3 Å². The van der Waals surface area contributed by atoms with E-state index in [4.69, 9.17) is 9.47 Å². The van der Waals surface area contributed by atoms with Gasteiger partial charge in [0.2, 0.25) is 0 Å². The van der Waals surface area contributed by atoms with Crippen LogP contribution in [0.25, 0.3) is 0 Å². The zero-order valence-corrected chi connectivity index (χ0v) is 14.0. The molecule has 2 rings (SSSR count). The fraction of sp³-hybridized carbons (Fsp3) is 0.611. The number of benzene rings is 1. The van der Waals surface area contributed by atoms with E-state index in [1.807, 2.05) is 13.0 Å². The summed E-state index contributed by atoms with van der Waals surface area (Å²) in [5, 5.41) is 2.92. The first-order valence-electron chi connectivity index (χ1n) is 8.14. The molecule has 122 valence electrons. The van der Waals surface area contributed by atoms with Gasteiger partial charge in [-0.2, -0.15) is 0 Å². The number of hydrogen-bond acceptors (Lipinski definition) is 3. The normalized spacial score (nSPS) is 19.2. The third-order valence-corrected chi connectivity index (χ3v) is 3.99. The number of hydrogen-bond donors (Lipinski definition) is 1. The highest BCUT2D eigenvalue weighted by molar-refractivity contribution is 5.80. The summed E-state index contributed by atoms with van der Waals surface area (Å²) in [7, 11) is 0. The van der Waals surface area contributed by atoms with Gasteiger partial charge in [-0.3, -0.25) is 4.79 Å². The molecule has 0 aliphatic carbocycles. The predicted octanol–water partition coefficient (Wildman–Crippen LogP) is 3.18. The molecule has 0 bridgehead atoms. The molecule has 0 unspecified atom stereocenters. The second kappa shape index (κ2) is 7.63. The van der Waals surface area contributed by atoms with Crippen LogP contribution in [0.4, 0.5) is 0 Å². The van der Waals surface area contributed by atoms with Gasteiger partial charge in [-0.05, 0) is 49.8 Å². The lowest BCUT2D eigenvalue weighted by molar-refractivity contribution is -0.127. The third-order valence-electron chi connectivity index (χ3n) is 3.99. The molecule has 0 saturated carbocycles. The van der Waals surface area contributed by atoms with Gasteiger partial charge in [-0.1, -0.05) is 26.0 Å². The Morgan fingerprint density at radius 3 is 2.82 bits per heavy atom. The second-order valence-electron chi connectivity index (χ2n) is 6.34. The minimum atomic E-state index is -0.513. The fourth-order valence-corrected chi connectivity index (χ4v) is 2.63. The molecule has 1 aromatic carbocycles. The summed E-state index contributed by atoms with van der Waals surface area (Å²) in [6.45, 7) is 9.43. The molecule has 0 radical (unpaired) electrons. The zero-order valence-electron chi connectivity index (χ0n) is 14.0. The highest BCUT2D eigenvalue weighted by Crippen LogP contribution is 2.28. The first-order valence-corrected chi connectivity index (χ1v) is 8.14. The van der Waals surface area contributed by atoms with Crippen LogP contribution in [0.3, 0.4) is 0 Å². The maximum absolute atomic E-state index is 12.2. The van der Waals surface area contributed by atoms with Crippen molar-refractivity contribution in [2.24, 2.45) is 0 Å². The van der Waals surface area contributed by atoms with E-state index in [2.05, 4.69) is 31.3 Å². The van der Waals surface area contributed by atoms with Gasteiger partial charge in [0.15, 0.2) is 6.10 Å². The lowest BCUT2D eigenvalue weighted by Crippen LogP contribution is -2.40. The van der Waals surface area contributed by atoms with Crippen LogP contribution in [0.2, 0.25) is 0 Å². The van der Waals surface area contributed by atoms with Crippen LogP contribution < -0.4 is 10.1 Å². The van der Waals surface area contributed by atoms with Crippen LogP contribution in [-0.4, -0.2) is 31.3 Å². The standard InChI is InChI=1S/C18H27NO3/c1-12(2)16-8-7-13(3)10-17(16)22-14(4)18(20)19-11-15-6-5-9-21-15/h7-8,10,12,14-15H,5-6,9,11H2,1-4H3,(H,19,20)/t14-,15-/m0/s1. The van der Waals surface area contributed by atoms with Crippen molar-refractivity contribution in [1.29, 1.82) is 0 Å². The van der Waals surface area contributed by atoms with Crippen LogP contribution in [0.15, 0.2) is 18.2 Å². The van der Waals surface area contributed by atoms with Gasteiger partial charge in [0.05, 0.1) is 6.10 Å². The summed E-state index contributed by atoms with van der Waals surface area (Å²) in [6, 6.07) is 6.15. The molecule has 1 aromatic rings. The third kappa shape index (κ3) is 4.47. The zero-order chi connectivity index (χ0) is 16.1. The first kappa shape index (κ1) is 16.8. The Labute approximate surface area is 133 Å². The van der Waals surface area contributed by atoms with Crippen LogP contribution in [0.5, 0.6) is 5.75 Å². The van der Waals surface area contributed by atoms with Gasteiger partial charge in [-0.25, -0.2) is 0 Å². The molecule has 2 atom stereocenters. The summed E-state index contributed by atoms with van der Waals surface area (Å²) < 4.78 is 11.4. The van der Waals surface area contributed by atoms with Crippen molar-refractivity contribution >= 4 is 5.91 Å². The first-order chi connectivity index (χ1) is 10.5. The number of nitrogens with one attached hydrogen (secondary N) is 1. The summed E-state index contributed by atoms with van der Waals surface area (Å²) in [6.07, 6.45) is 1.74. The van der Waals surface area contributed by atoms with E-state index >= 15 is 0 Å². The van der Waals surface area contributed by atoms with Crippen molar-refractivity contribution in [2.75, 3.05) is 13.2 Å². The average molecular weight is 305 g/mol. The summed E-state index contributed by atoms with van der Waals surface area (Å²) in [5.74, 6) is 1.07. The van der Waals surface area contributed by atoms with Crippen molar-refractivity contribution in [3.63, 3.8) is 0 Å². The van der Waals surface area contributed by atoms with Crippen molar-refractivity contribution in [3.05, 3.63) is 29.3 Å². The monoisotopic (exact) mass is 305 g/mol. The van der Waals surface area contributed by atoms with E-state index in [-0.39, 0.29) is 12.0 Å². The molecule has 4 heteroatoms. The van der Waals surface area contributed by atoms with Crippen LogP contribution in [-0.2, 0) is 9.53 Å². The molecule has 4 nitrogen and oxygen atoms in total. The van der Waals surface area contributed by atoms with E-state index in [0.717, 1.165) is 36.3 Å². The highest BCUT2D eigenvalue weighted by atomic mass is 16.5. The second-order valence-corrected chi connectivity index (χ2v) is 6.34. The summed E-state index contributed by atoms with van der Waals surface area (Å²) in [4.78, 5) is 12.2. The van der Waals surface area contributed by atoms with E-state index < -0.39 is 6.10 Å². The highest BCUT2D eigenvalue weighted by Gasteiger charge is 2.20. The maximum atomic E-state index is 12.2. The van der Waals surface area contributed by atoms with Crippen LogP contribution >= 0.6 is 0 Å². The minimum Gasteiger partial charge on any atom is -0.481 e. The number of amides is 1. The Morgan fingerprint density at radius 1 is 1.41 bits per heavy atom. The van der Waals surface area contributed by atoms with Gasteiger partial charge in [0.1, 0.15) is 5.75 Å². The largest absolute Gasteiger partial charge is 0.481 e. The number of carbonyl (C=O) groups is 1. The minimum absolute atomic E-state index is 0.0910. The topological polar surface area (TPSA) is 47.6 Å². The van der Waals surface area contributed by atoms with Gasteiger partial charge in [0.25, 0.3) is 5.91 Å². The maximum Gasteiger partial charge on any atom is 0.260 e. The number of carbonyl (C=O) groups excluding carboxylic acids is 1. The van der Waals surface area contributed by atoms with E-state index in [1.54, 1.807) is 6.92 Å². The van der Waals surface area contributed by atoms with E-state index in [1.165, 1.54) is 0 Å². The SMILES string of the molecule is Cc1ccc(C(C)C)c(O[C@@H](C)C(=O)NC[C@@H]2CCCO2)c1. The molecule has 1 aliphatic rings. The molecule has 1 amide bonds. The molecule has 22 heavy (non-hydrogen) atoms. The number of aryl methyl sites for hydroxylation is 1. The van der Waals surface area contributed by atoms with Crippen molar-refractivity contribution in [2.45, 2.75) is 58.7 Å². The Kier molecular flexibility index (Phi) is 5.83. The number of rotatable bonds is 6. The van der Waals surface area contributed by atoms with Crippen molar-refractivity contribution in [3.8, 4) is 5.75 Å². The average Bonchev–Trinajstić information content (AvgIpc) is 2.97. The Balaban J connectivity index is 1.94. The van der Waals surface area contributed by atoms with Gasteiger partial charge >= 0.3 is 0 Å². The quantitative estimate of drug-likeness (QED) is 0.878. The summed E-state index contributed by atoms with van der Waals surface area (Å²) in [5.41, 5.74) is 2.26. The number of ether oxygens (including phenoxy) is 2. The Morgan fingerprint density at radius 2 is 2.18 bits per heavy atom. The van der Waals surface area contributed by atoms with E-state index in [9.17, 15) is 4.79 Å². The molecule has 1 saturated heterocycles. The van der Waals surface area contributed by atoms with Crippen molar-refractivity contribution in [1.82, 2.24) is 5.32 Å². The molecule has 0 aromatic heterocycles. The lowest BCUT2D eigenvalue weighted by atomic mass is 10.0. The summed E-state index contributed by atoms with van der Waals surface area (Å²) >= 11 is 0. The predicted molar refractivity (Wildman–Crippen MR) is 87.3 cm³/mol. The smallest absolute Gasteiger partial charge is 0.260 e. The molecule has 1 aliphatic heterocycles. The Bertz CT molecular complexity index is 507. The fourth-order valence-electron chi connectivity index (χ4n) is 2.63. The van der Waals surface area contributed by atoms with E-state index in [0.29, 0.717) is 12.5 Å².